The standard InChI is InChI=1S/C23H22N4O3S/c28-22(27-12-10-26(11-13-27)15-17-5-3-14-29-17)21-19(16-31-23-24-8-4-9-25-23)18-6-1-2-7-20(18)30-21/h1-9,14H,10-13,15-16H2. The Bertz CT molecular complexity index is 1150. The van der Waals surface area contributed by atoms with Crippen LogP contribution in [0.1, 0.15) is 21.9 Å². The highest BCUT2D eigenvalue weighted by Gasteiger charge is 2.28. The number of furan rings is 2. The lowest BCUT2D eigenvalue weighted by atomic mass is 10.1. The topological polar surface area (TPSA) is 75.6 Å². The van der Waals surface area contributed by atoms with Gasteiger partial charge in [-0.3, -0.25) is 9.69 Å². The van der Waals surface area contributed by atoms with Gasteiger partial charge in [-0.05, 0) is 24.3 Å². The number of benzene rings is 1. The summed E-state index contributed by atoms with van der Waals surface area (Å²) in [6.07, 6.45) is 5.13. The summed E-state index contributed by atoms with van der Waals surface area (Å²) >= 11 is 1.50. The lowest BCUT2D eigenvalue weighted by molar-refractivity contribution is 0.0591. The predicted molar refractivity (Wildman–Crippen MR) is 118 cm³/mol. The number of nitrogens with zero attached hydrogens (tertiary/aromatic N) is 4. The fourth-order valence-electron chi connectivity index (χ4n) is 3.79. The van der Waals surface area contributed by atoms with Gasteiger partial charge in [-0.2, -0.15) is 0 Å². The van der Waals surface area contributed by atoms with E-state index in [1.54, 1.807) is 24.7 Å². The van der Waals surface area contributed by atoms with Crippen LogP contribution in [0.3, 0.4) is 0 Å². The van der Waals surface area contributed by atoms with E-state index >= 15 is 0 Å². The summed E-state index contributed by atoms with van der Waals surface area (Å²) in [7, 11) is 0. The number of hydrogen-bond acceptors (Lipinski definition) is 7. The summed E-state index contributed by atoms with van der Waals surface area (Å²) in [5.41, 5.74) is 1.63. The van der Waals surface area contributed by atoms with Crippen molar-refractivity contribution in [2.24, 2.45) is 0 Å². The van der Waals surface area contributed by atoms with Gasteiger partial charge in [0.15, 0.2) is 10.9 Å². The minimum absolute atomic E-state index is 0.0570. The monoisotopic (exact) mass is 434 g/mol. The van der Waals surface area contributed by atoms with Gasteiger partial charge in [0.05, 0.1) is 12.8 Å². The number of rotatable bonds is 6. The van der Waals surface area contributed by atoms with Crippen LogP contribution < -0.4 is 0 Å². The molecule has 4 aromatic rings. The molecule has 0 radical (unpaired) electrons. The molecule has 7 nitrogen and oxygen atoms in total. The molecule has 1 amide bonds. The first-order valence-electron chi connectivity index (χ1n) is 10.2. The van der Waals surface area contributed by atoms with Crippen LogP contribution in [0.2, 0.25) is 0 Å². The molecular formula is C23H22N4O3S. The number of piperazine rings is 1. The van der Waals surface area contributed by atoms with Gasteiger partial charge in [-0.1, -0.05) is 30.0 Å². The van der Waals surface area contributed by atoms with E-state index in [2.05, 4.69) is 14.9 Å². The fourth-order valence-corrected chi connectivity index (χ4v) is 4.62. The zero-order valence-corrected chi connectivity index (χ0v) is 17.8. The Balaban J connectivity index is 1.32. The number of hydrogen-bond donors (Lipinski definition) is 0. The van der Waals surface area contributed by atoms with E-state index in [9.17, 15) is 4.79 Å². The van der Waals surface area contributed by atoms with Crippen LogP contribution in [0.15, 0.2) is 75.1 Å². The highest BCUT2D eigenvalue weighted by atomic mass is 32.2. The maximum absolute atomic E-state index is 13.4. The fraction of sp³-hybridized carbons (Fsp3) is 0.261. The summed E-state index contributed by atoms with van der Waals surface area (Å²) in [5.74, 6) is 1.88. The molecule has 4 heterocycles. The number of thioether (sulfide) groups is 1. The van der Waals surface area contributed by atoms with E-state index in [-0.39, 0.29) is 5.91 Å². The molecule has 0 aliphatic carbocycles. The molecule has 1 aliphatic rings. The molecule has 1 aliphatic heterocycles. The van der Waals surface area contributed by atoms with E-state index in [4.69, 9.17) is 8.83 Å². The normalized spacial score (nSPS) is 14.9. The first kappa shape index (κ1) is 19.8. The summed E-state index contributed by atoms with van der Waals surface area (Å²) < 4.78 is 11.5. The van der Waals surface area contributed by atoms with Crippen molar-refractivity contribution >= 4 is 28.6 Å². The van der Waals surface area contributed by atoms with Crippen LogP contribution in [0.25, 0.3) is 11.0 Å². The largest absolute Gasteiger partial charge is 0.468 e. The molecule has 8 heteroatoms. The number of carbonyl (C=O) groups is 1. The van der Waals surface area contributed by atoms with Gasteiger partial charge in [0.2, 0.25) is 0 Å². The highest BCUT2D eigenvalue weighted by Crippen LogP contribution is 2.32. The van der Waals surface area contributed by atoms with E-state index in [1.165, 1.54) is 11.8 Å². The number of para-hydroxylation sites is 1. The van der Waals surface area contributed by atoms with Crippen molar-refractivity contribution in [2.75, 3.05) is 26.2 Å². The van der Waals surface area contributed by atoms with Crippen molar-refractivity contribution in [3.05, 3.63) is 78.2 Å². The molecule has 5 rings (SSSR count). The molecule has 1 saturated heterocycles. The first-order valence-corrected chi connectivity index (χ1v) is 11.2. The van der Waals surface area contributed by atoms with Gasteiger partial charge < -0.3 is 13.7 Å². The van der Waals surface area contributed by atoms with Gasteiger partial charge in [0.25, 0.3) is 5.91 Å². The van der Waals surface area contributed by atoms with Crippen LogP contribution in [-0.2, 0) is 12.3 Å². The van der Waals surface area contributed by atoms with Crippen molar-refractivity contribution in [1.82, 2.24) is 19.8 Å². The van der Waals surface area contributed by atoms with Crippen LogP contribution >= 0.6 is 11.8 Å². The van der Waals surface area contributed by atoms with Crippen molar-refractivity contribution in [1.29, 1.82) is 0 Å². The van der Waals surface area contributed by atoms with E-state index < -0.39 is 0 Å². The van der Waals surface area contributed by atoms with Crippen LogP contribution in [0.4, 0.5) is 0 Å². The third-order valence-electron chi connectivity index (χ3n) is 5.40. The summed E-state index contributed by atoms with van der Waals surface area (Å²) in [6.45, 7) is 3.68. The molecule has 0 bridgehead atoms. The second-order valence-corrected chi connectivity index (χ2v) is 8.32. The third kappa shape index (κ3) is 4.35. The van der Waals surface area contributed by atoms with Crippen molar-refractivity contribution in [3.63, 3.8) is 0 Å². The lowest BCUT2D eigenvalue weighted by Gasteiger charge is -2.33. The van der Waals surface area contributed by atoms with Crippen LogP contribution in [-0.4, -0.2) is 51.9 Å². The maximum atomic E-state index is 13.4. The van der Waals surface area contributed by atoms with Crippen LogP contribution in [0.5, 0.6) is 0 Å². The molecule has 0 spiro atoms. The van der Waals surface area contributed by atoms with Gasteiger partial charge in [-0.25, -0.2) is 9.97 Å². The molecule has 31 heavy (non-hydrogen) atoms. The zero-order chi connectivity index (χ0) is 21.0. The highest BCUT2D eigenvalue weighted by molar-refractivity contribution is 7.98. The maximum Gasteiger partial charge on any atom is 0.290 e. The summed E-state index contributed by atoms with van der Waals surface area (Å²) in [5, 5.41) is 1.64. The Labute approximate surface area is 184 Å². The molecule has 1 aromatic carbocycles. The van der Waals surface area contributed by atoms with Crippen molar-refractivity contribution in [3.8, 4) is 0 Å². The summed E-state index contributed by atoms with van der Waals surface area (Å²) in [4.78, 5) is 26.1. The lowest BCUT2D eigenvalue weighted by Crippen LogP contribution is -2.48. The Morgan fingerprint density at radius 3 is 2.58 bits per heavy atom. The third-order valence-corrected chi connectivity index (χ3v) is 6.30. The smallest absolute Gasteiger partial charge is 0.290 e. The van der Waals surface area contributed by atoms with Gasteiger partial charge in [0, 0.05) is 55.3 Å². The van der Waals surface area contributed by atoms with Gasteiger partial charge >= 0.3 is 0 Å². The van der Waals surface area contributed by atoms with E-state index in [0.717, 1.165) is 41.9 Å². The van der Waals surface area contributed by atoms with Crippen molar-refractivity contribution in [2.45, 2.75) is 17.5 Å². The Hall–Kier alpha value is -3.10. The van der Waals surface area contributed by atoms with Gasteiger partial charge in [0.1, 0.15) is 11.3 Å². The quantitative estimate of drug-likeness (QED) is 0.334. The Morgan fingerprint density at radius 1 is 1.00 bits per heavy atom. The Kier molecular flexibility index (Phi) is 5.73. The SMILES string of the molecule is O=C(c1oc2ccccc2c1CSc1ncccn1)N1CCN(Cc2ccco2)CC1. The van der Waals surface area contributed by atoms with E-state index in [1.807, 2.05) is 41.3 Å². The minimum Gasteiger partial charge on any atom is -0.468 e. The minimum atomic E-state index is -0.0570. The van der Waals surface area contributed by atoms with Crippen LogP contribution in [0, 0.1) is 0 Å². The first-order chi connectivity index (χ1) is 15.3. The molecule has 3 aromatic heterocycles. The second-order valence-electron chi connectivity index (χ2n) is 7.37. The zero-order valence-electron chi connectivity index (χ0n) is 16.9. The molecule has 0 N–H and O–H groups in total. The molecule has 1 fully saturated rings. The summed E-state index contributed by atoms with van der Waals surface area (Å²) in [6, 6.07) is 13.5. The average Bonchev–Trinajstić information content (AvgIpc) is 3.46. The van der Waals surface area contributed by atoms with E-state index in [0.29, 0.717) is 29.8 Å². The number of fused-ring (bicyclic) bond motifs is 1. The van der Waals surface area contributed by atoms with Crippen molar-refractivity contribution < 1.29 is 13.6 Å². The molecule has 0 unspecified atom stereocenters. The number of aromatic nitrogens is 2. The predicted octanol–water partition coefficient (Wildman–Crippen LogP) is 4.07. The van der Waals surface area contributed by atoms with Gasteiger partial charge in [-0.15, -0.1) is 0 Å². The number of carbonyl (C=O) groups excluding carboxylic acids is 1. The molecule has 158 valence electrons. The molecular weight excluding hydrogens is 412 g/mol. The second kappa shape index (κ2) is 8.95. The average molecular weight is 435 g/mol. The Morgan fingerprint density at radius 2 is 1.81 bits per heavy atom. The molecule has 0 atom stereocenters. The number of amides is 1. The molecule has 0 saturated carbocycles.